The summed E-state index contributed by atoms with van der Waals surface area (Å²) in [6, 6.07) is 13.7. The van der Waals surface area contributed by atoms with Crippen molar-refractivity contribution in [2.24, 2.45) is 0 Å². The second-order valence-electron chi connectivity index (χ2n) is 9.13. The van der Waals surface area contributed by atoms with Crippen LogP contribution in [-0.2, 0) is 16.1 Å². The summed E-state index contributed by atoms with van der Waals surface area (Å²) in [4.78, 5) is 32.4. The molecule has 3 aromatic rings. The number of aliphatic hydroxyl groups excluding tert-OH is 1. The third-order valence-corrected chi connectivity index (χ3v) is 6.48. The zero-order valence-corrected chi connectivity index (χ0v) is 21.1. The fraction of sp³-hybridized carbons (Fsp3) is 0.276. The number of nitrogens with zero attached hydrogens (tertiary/aromatic N) is 2. The first-order valence-electron chi connectivity index (χ1n) is 11.8. The number of ether oxygens (including phenoxy) is 2. The van der Waals surface area contributed by atoms with E-state index in [-0.39, 0.29) is 23.8 Å². The number of pyridine rings is 1. The lowest BCUT2D eigenvalue weighted by molar-refractivity contribution is -0.140. The van der Waals surface area contributed by atoms with Gasteiger partial charge in [-0.2, -0.15) is 0 Å². The third kappa shape index (κ3) is 4.56. The largest absolute Gasteiger partial charge is 0.507 e. The number of benzene rings is 2. The van der Waals surface area contributed by atoms with Gasteiger partial charge in [-0.05, 0) is 65.4 Å². The Morgan fingerprint density at radius 2 is 1.86 bits per heavy atom. The fourth-order valence-corrected chi connectivity index (χ4v) is 4.62. The van der Waals surface area contributed by atoms with E-state index in [4.69, 9.17) is 9.47 Å². The lowest BCUT2D eigenvalue weighted by atomic mass is 9.91. The highest BCUT2D eigenvalue weighted by Crippen LogP contribution is 2.42. The molecule has 0 aliphatic carbocycles. The van der Waals surface area contributed by atoms with Gasteiger partial charge in [0.2, 0.25) is 0 Å². The Hall–Kier alpha value is -4.13. The molecule has 186 valence electrons. The second kappa shape index (κ2) is 10.2. The summed E-state index contributed by atoms with van der Waals surface area (Å²) in [5.74, 6) is -0.206. The van der Waals surface area contributed by atoms with Gasteiger partial charge >= 0.3 is 0 Å². The van der Waals surface area contributed by atoms with E-state index in [0.29, 0.717) is 22.6 Å². The zero-order chi connectivity index (χ0) is 26.0. The van der Waals surface area contributed by atoms with Crippen LogP contribution in [0.1, 0.15) is 53.6 Å². The summed E-state index contributed by atoms with van der Waals surface area (Å²) in [7, 11) is 3.16. The molecule has 7 nitrogen and oxygen atoms in total. The fourth-order valence-electron chi connectivity index (χ4n) is 4.62. The third-order valence-electron chi connectivity index (χ3n) is 6.48. The molecule has 1 saturated heterocycles. The number of amides is 1. The van der Waals surface area contributed by atoms with Crippen LogP contribution in [0, 0.1) is 6.92 Å². The number of methoxy groups -OCH3 is 2. The number of aryl methyl sites for hydroxylation is 1. The number of likely N-dealkylation sites (tertiary alicyclic amines) is 1. The van der Waals surface area contributed by atoms with Gasteiger partial charge in [-0.3, -0.25) is 14.6 Å². The normalized spacial score (nSPS) is 17.1. The van der Waals surface area contributed by atoms with Crippen LogP contribution >= 0.6 is 0 Å². The summed E-state index contributed by atoms with van der Waals surface area (Å²) in [6.45, 7) is 6.06. The molecule has 1 amide bonds. The molecular weight excluding hydrogens is 456 g/mol. The molecule has 0 bridgehead atoms. The maximum absolute atomic E-state index is 13.4. The van der Waals surface area contributed by atoms with Gasteiger partial charge in [-0.15, -0.1) is 0 Å². The maximum atomic E-state index is 13.4. The average molecular weight is 487 g/mol. The Morgan fingerprint density at radius 1 is 1.08 bits per heavy atom. The molecule has 0 saturated carbocycles. The van der Waals surface area contributed by atoms with Crippen LogP contribution in [0.2, 0.25) is 0 Å². The van der Waals surface area contributed by atoms with E-state index < -0.39 is 17.7 Å². The van der Waals surface area contributed by atoms with Gasteiger partial charge in [0, 0.05) is 24.5 Å². The number of Topliss-reactive ketones (excluding diaryl/α,β-unsaturated/α-hetero) is 1. The summed E-state index contributed by atoms with van der Waals surface area (Å²) < 4.78 is 10.9. The molecular formula is C29H30N2O5. The lowest BCUT2D eigenvalue weighted by Gasteiger charge is -2.26. The highest BCUT2D eigenvalue weighted by molar-refractivity contribution is 6.46. The number of rotatable bonds is 7. The minimum Gasteiger partial charge on any atom is -0.507 e. The van der Waals surface area contributed by atoms with Gasteiger partial charge in [-0.1, -0.05) is 32.0 Å². The van der Waals surface area contributed by atoms with Crippen LogP contribution in [-0.4, -0.2) is 40.9 Å². The Bertz CT molecular complexity index is 1330. The van der Waals surface area contributed by atoms with Crippen molar-refractivity contribution >= 4 is 17.4 Å². The molecule has 1 atom stereocenters. The van der Waals surface area contributed by atoms with Gasteiger partial charge in [0.05, 0.1) is 25.8 Å². The minimum absolute atomic E-state index is 0.0418. The van der Waals surface area contributed by atoms with Crippen LogP contribution in [0.4, 0.5) is 0 Å². The zero-order valence-electron chi connectivity index (χ0n) is 21.1. The first kappa shape index (κ1) is 25.0. The van der Waals surface area contributed by atoms with E-state index in [2.05, 4.69) is 4.98 Å². The summed E-state index contributed by atoms with van der Waals surface area (Å²) >= 11 is 0. The van der Waals surface area contributed by atoms with E-state index in [1.54, 1.807) is 50.9 Å². The van der Waals surface area contributed by atoms with Crippen molar-refractivity contribution < 1.29 is 24.2 Å². The Morgan fingerprint density at radius 3 is 2.50 bits per heavy atom. The molecule has 1 aliphatic heterocycles. The van der Waals surface area contributed by atoms with Crippen molar-refractivity contribution in [3.8, 4) is 11.5 Å². The van der Waals surface area contributed by atoms with E-state index in [9.17, 15) is 14.7 Å². The van der Waals surface area contributed by atoms with Crippen LogP contribution in [0.5, 0.6) is 11.5 Å². The van der Waals surface area contributed by atoms with Crippen molar-refractivity contribution in [1.82, 2.24) is 9.88 Å². The van der Waals surface area contributed by atoms with Crippen LogP contribution in [0.25, 0.3) is 5.76 Å². The molecule has 36 heavy (non-hydrogen) atoms. The highest BCUT2D eigenvalue weighted by atomic mass is 16.5. The lowest BCUT2D eigenvalue weighted by Crippen LogP contribution is -2.29. The van der Waals surface area contributed by atoms with Gasteiger partial charge in [-0.25, -0.2) is 0 Å². The molecule has 0 radical (unpaired) electrons. The van der Waals surface area contributed by atoms with Crippen molar-refractivity contribution in [1.29, 1.82) is 0 Å². The minimum atomic E-state index is -0.802. The number of aromatic nitrogens is 1. The summed E-state index contributed by atoms with van der Waals surface area (Å²) in [6.07, 6.45) is 3.31. The molecule has 7 heteroatoms. The molecule has 2 heterocycles. The highest BCUT2D eigenvalue weighted by Gasteiger charge is 2.46. The number of hydrogen-bond acceptors (Lipinski definition) is 6. The Kier molecular flexibility index (Phi) is 7.10. The van der Waals surface area contributed by atoms with Crippen molar-refractivity contribution in [3.05, 3.63) is 94.3 Å². The van der Waals surface area contributed by atoms with E-state index in [1.807, 2.05) is 45.0 Å². The first-order chi connectivity index (χ1) is 17.3. The standard InChI is InChI=1S/C29H30N2O5/c1-17(2)22-14-23(18(3)12-24(22)36-5)27(32)25-26(20-9-6-10-21(13-20)35-4)31(29(34)28(25)33)16-19-8-7-11-30-15-19/h6-15,17,26,32H,16H2,1-5H3/b27-25+. The molecule has 1 aromatic heterocycles. The molecule has 1 unspecified atom stereocenters. The van der Waals surface area contributed by atoms with Crippen LogP contribution in [0.3, 0.4) is 0 Å². The quantitative estimate of drug-likeness (QED) is 0.282. The predicted molar refractivity (Wildman–Crippen MR) is 137 cm³/mol. The van der Waals surface area contributed by atoms with E-state index in [1.165, 1.54) is 4.90 Å². The molecule has 1 aliphatic rings. The molecule has 0 spiro atoms. The number of ketones is 1. The number of aliphatic hydroxyl groups is 1. The number of hydrogen-bond donors (Lipinski definition) is 1. The smallest absolute Gasteiger partial charge is 0.295 e. The molecule has 1 fully saturated rings. The predicted octanol–water partition coefficient (Wildman–Crippen LogP) is 5.15. The average Bonchev–Trinajstić information content (AvgIpc) is 3.13. The van der Waals surface area contributed by atoms with Gasteiger partial charge in [0.1, 0.15) is 17.3 Å². The molecule has 2 aromatic carbocycles. The van der Waals surface area contributed by atoms with E-state index in [0.717, 1.165) is 16.7 Å². The topological polar surface area (TPSA) is 89.0 Å². The number of carbonyl (C=O) groups excluding carboxylic acids is 2. The second-order valence-corrected chi connectivity index (χ2v) is 9.13. The molecule has 1 N–H and O–H groups in total. The maximum Gasteiger partial charge on any atom is 0.295 e. The van der Waals surface area contributed by atoms with Crippen molar-refractivity contribution in [2.75, 3.05) is 14.2 Å². The van der Waals surface area contributed by atoms with E-state index >= 15 is 0 Å². The van der Waals surface area contributed by atoms with Gasteiger partial charge < -0.3 is 19.5 Å². The number of carbonyl (C=O) groups is 2. The SMILES string of the molecule is COc1cccc(C2/C(=C(\O)c3cc(C(C)C)c(OC)cc3C)C(=O)C(=O)N2Cc2cccnc2)c1. The van der Waals surface area contributed by atoms with Gasteiger partial charge in [0.15, 0.2) is 0 Å². The summed E-state index contributed by atoms with van der Waals surface area (Å²) in [5, 5.41) is 11.6. The molecule has 4 rings (SSSR count). The Labute approximate surface area is 211 Å². The van der Waals surface area contributed by atoms with Crippen molar-refractivity contribution in [2.45, 2.75) is 39.3 Å². The van der Waals surface area contributed by atoms with Crippen molar-refractivity contribution in [3.63, 3.8) is 0 Å². The van der Waals surface area contributed by atoms with Gasteiger partial charge in [0.25, 0.3) is 11.7 Å². The monoisotopic (exact) mass is 486 g/mol. The van der Waals surface area contributed by atoms with Crippen LogP contribution in [0.15, 0.2) is 66.5 Å². The Balaban J connectivity index is 1.93. The summed E-state index contributed by atoms with van der Waals surface area (Å²) in [5.41, 5.74) is 3.60. The first-order valence-corrected chi connectivity index (χ1v) is 11.8. The van der Waals surface area contributed by atoms with Crippen LogP contribution < -0.4 is 9.47 Å².